The van der Waals surface area contributed by atoms with Crippen LogP contribution in [0.5, 0.6) is 0 Å². The highest BCUT2D eigenvalue weighted by atomic mass is 35.5. The second-order valence-corrected chi connectivity index (χ2v) is 5.23. The van der Waals surface area contributed by atoms with Gasteiger partial charge in [-0.1, -0.05) is 11.6 Å². The molecule has 0 radical (unpaired) electrons. The van der Waals surface area contributed by atoms with E-state index in [1.165, 1.54) is 6.33 Å². The van der Waals surface area contributed by atoms with Gasteiger partial charge in [0.05, 0.1) is 12.0 Å². The van der Waals surface area contributed by atoms with Crippen LogP contribution in [0.4, 0.5) is 5.82 Å². The number of anilines is 1. The molecule has 2 aliphatic rings. The predicted octanol–water partition coefficient (Wildman–Crippen LogP) is 1.15. The fourth-order valence-electron chi connectivity index (χ4n) is 2.92. The Kier molecular flexibility index (Phi) is 2.86. The van der Waals surface area contributed by atoms with Gasteiger partial charge in [0.2, 0.25) is 5.91 Å². The molecule has 1 aromatic heterocycles. The number of carbonyl (C=O) groups is 1. The Bertz CT molecular complexity index is 493. The number of nitrogens with zero attached hydrogens (tertiary/aromatic N) is 3. The summed E-state index contributed by atoms with van der Waals surface area (Å²) in [5.41, 5.74) is 0.888. The van der Waals surface area contributed by atoms with Crippen LogP contribution in [0.1, 0.15) is 18.4 Å². The summed E-state index contributed by atoms with van der Waals surface area (Å²) < 4.78 is 0. The van der Waals surface area contributed by atoms with Crippen molar-refractivity contribution in [1.29, 1.82) is 0 Å². The molecule has 5 nitrogen and oxygen atoms in total. The third-order valence-corrected chi connectivity index (χ3v) is 4.25. The van der Waals surface area contributed by atoms with Crippen molar-refractivity contribution in [3.8, 4) is 0 Å². The smallest absolute Gasteiger partial charge is 0.225 e. The van der Waals surface area contributed by atoms with E-state index >= 15 is 0 Å². The second-order valence-electron chi connectivity index (χ2n) is 4.87. The van der Waals surface area contributed by atoms with Crippen LogP contribution >= 0.6 is 11.6 Å². The molecule has 3 heterocycles. The van der Waals surface area contributed by atoms with E-state index in [-0.39, 0.29) is 17.9 Å². The van der Waals surface area contributed by atoms with Crippen molar-refractivity contribution < 1.29 is 4.79 Å². The molecule has 0 spiro atoms. The summed E-state index contributed by atoms with van der Waals surface area (Å²) in [6.07, 6.45) is 3.46. The Balaban J connectivity index is 1.96. The molecule has 2 saturated heterocycles. The van der Waals surface area contributed by atoms with Gasteiger partial charge in [-0.15, -0.1) is 0 Å². The maximum absolute atomic E-state index is 11.7. The minimum atomic E-state index is 0.0897. The molecular formula is C12H15ClN4O. The SMILES string of the molecule is Cc1c(Cl)ncnc1N1CCCC2C(=O)NCC21. The van der Waals surface area contributed by atoms with Crippen LogP contribution in [0.2, 0.25) is 5.15 Å². The number of carbonyl (C=O) groups excluding carboxylic acids is 1. The first-order valence-electron chi connectivity index (χ1n) is 6.20. The van der Waals surface area contributed by atoms with Gasteiger partial charge in [0, 0.05) is 18.7 Å². The van der Waals surface area contributed by atoms with Crippen molar-refractivity contribution in [3.63, 3.8) is 0 Å². The van der Waals surface area contributed by atoms with Crippen molar-refractivity contribution in [2.75, 3.05) is 18.0 Å². The molecule has 0 aromatic carbocycles. The Morgan fingerprint density at radius 2 is 2.33 bits per heavy atom. The third-order valence-electron chi connectivity index (χ3n) is 3.87. The van der Waals surface area contributed by atoms with E-state index in [4.69, 9.17) is 11.6 Å². The van der Waals surface area contributed by atoms with Crippen LogP contribution in [0.15, 0.2) is 6.33 Å². The monoisotopic (exact) mass is 266 g/mol. The number of nitrogens with one attached hydrogen (secondary N) is 1. The highest BCUT2D eigenvalue weighted by Gasteiger charge is 2.41. The largest absolute Gasteiger partial charge is 0.354 e. The van der Waals surface area contributed by atoms with Gasteiger partial charge in [0.1, 0.15) is 17.3 Å². The molecular weight excluding hydrogens is 252 g/mol. The van der Waals surface area contributed by atoms with Gasteiger partial charge in [0.25, 0.3) is 0 Å². The van der Waals surface area contributed by atoms with Crippen molar-refractivity contribution in [2.24, 2.45) is 5.92 Å². The zero-order valence-corrected chi connectivity index (χ0v) is 10.9. The molecule has 2 fully saturated rings. The first-order valence-corrected chi connectivity index (χ1v) is 6.57. The minimum absolute atomic E-state index is 0.0897. The Morgan fingerprint density at radius 1 is 1.50 bits per heavy atom. The number of amides is 1. The Labute approximate surface area is 111 Å². The number of aromatic nitrogens is 2. The molecule has 0 bridgehead atoms. The van der Waals surface area contributed by atoms with E-state index in [1.54, 1.807) is 0 Å². The number of hydrogen-bond acceptors (Lipinski definition) is 4. The summed E-state index contributed by atoms with van der Waals surface area (Å²) in [4.78, 5) is 22.3. The summed E-state index contributed by atoms with van der Waals surface area (Å²) >= 11 is 6.04. The van der Waals surface area contributed by atoms with Crippen molar-refractivity contribution in [2.45, 2.75) is 25.8 Å². The second kappa shape index (κ2) is 4.39. The normalized spacial score (nSPS) is 27.0. The van der Waals surface area contributed by atoms with Crippen LogP contribution in [-0.2, 0) is 4.79 Å². The summed E-state index contributed by atoms with van der Waals surface area (Å²) in [6.45, 7) is 3.54. The van der Waals surface area contributed by atoms with Gasteiger partial charge < -0.3 is 10.2 Å². The molecule has 1 amide bonds. The van der Waals surface area contributed by atoms with E-state index < -0.39 is 0 Å². The lowest BCUT2D eigenvalue weighted by atomic mass is 9.91. The van der Waals surface area contributed by atoms with Gasteiger partial charge in [-0.25, -0.2) is 9.97 Å². The van der Waals surface area contributed by atoms with E-state index in [0.717, 1.165) is 30.8 Å². The summed E-state index contributed by atoms with van der Waals surface area (Å²) in [7, 11) is 0. The van der Waals surface area contributed by atoms with Crippen LogP contribution in [0.25, 0.3) is 0 Å². The lowest BCUT2D eigenvalue weighted by Gasteiger charge is -2.37. The number of halogens is 1. The molecule has 2 unspecified atom stereocenters. The fourth-order valence-corrected chi connectivity index (χ4v) is 3.05. The van der Waals surface area contributed by atoms with E-state index in [1.807, 2.05) is 6.92 Å². The topological polar surface area (TPSA) is 58.1 Å². The highest BCUT2D eigenvalue weighted by Crippen LogP contribution is 2.33. The van der Waals surface area contributed by atoms with Gasteiger partial charge in [-0.3, -0.25) is 4.79 Å². The van der Waals surface area contributed by atoms with Crippen molar-refractivity contribution in [1.82, 2.24) is 15.3 Å². The Morgan fingerprint density at radius 3 is 3.17 bits per heavy atom. The molecule has 2 aliphatic heterocycles. The quantitative estimate of drug-likeness (QED) is 0.775. The molecule has 0 saturated carbocycles. The lowest BCUT2D eigenvalue weighted by molar-refractivity contribution is -0.122. The summed E-state index contributed by atoms with van der Waals surface area (Å²) in [5.74, 6) is 1.12. The molecule has 1 aromatic rings. The van der Waals surface area contributed by atoms with Gasteiger partial charge >= 0.3 is 0 Å². The molecule has 0 aliphatic carbocycles. The number of piperidine rings is 1. The maximum atomic E-state index is 11.7. The molecule has 96 valence electrons. The van der Waals surface area contributed by atoms with Gasteiger partial charge in [-0.2, -0.15) is 0 Å². The van der Waals surface area contributed by atoms with Crippen LogP contribution < -0.4 is 10.2 Å². The highest BCUT2D eigenvalue weighted by molar-refractivity contribution is 6.30. The van der Waals surface area contributed by atoms with Crippen LogP contribution in [-0.4, -0.2) is 35.0 Å². The van der Waals surface area contributed by atoms with Gasteiger partial charge in [-0.05, 0) is 19.8 Å². The number of rotatable bonds is 1. The predicted molar refractivity (Wildman–Crippen MR) is 68.6 cm³/mol. The van der Waals surface area contributed by atoms with Crippen LogP contribution in [0.3, 0.4) is 0 Å². The zero-order chi connectivity index (χ0) is 12.7. The van der Waals surface area contributed by atoms with E-state index in [0.29, 0.717) is 11.7 Å². The van der Waals surface area contributed by atoms with E-state index in [9.17, 15) is 4.79 Å². The lowest BCUT2D eigenvalue weighted by Crippen LogP contribution is -2.46. The van der Waals surface area contributed by atoms with Crippen molar-refractivity contribution in [3.05, 3.63) is 17.0 Å². The average molecular weight is 267 g/mol. The van der Waals surface area contributed by atoms with E-state index in [2.05, 4.69) is 20.2 Å². The zero-order valence-electron chi connectivity index (χ0n) is 10.2. The minimum Gasteiger partial charge on any atom is -0.354 e. The molecule has 18 heavy (non-hydrogen) atoms. The number of hydrogen-bond donors (Lipinski definition) is 1. The summed E-state index contributed by atoms with van der Waals surface area (Å²) in [5, 5.41) is 3.42. The average Bonchev–Trinajstić information content (AvgIpc) is 2.75. The third kappa shape index (κ3) is 1.73. The number of fused-ring (bicyclic) bond motifs is 1. The molecule has 2 atom stereocenters. The summed E-state index contributed by atoms with van der Waals surface area (Å²) in [6, 6.07) is 0.205. The fraction of sp³-hybridized carbons (Fsp3) is 0.583. The first-order chi connectivity index (χ1) is 8.68. The maximum Gasteiger partial charge on any atom is 0.225 e. The first kappa shape index (κ1) is 11.7. The van der Waals surface area contributed by atoms with Crippen molar-refractivity contribution >= 4 is 23.3 Å². The molecule has 1 N–H and O–H groups in total. The van der Waals surface area contributed by atoms with Gasteiger partial charge in [0.15, 0.2) is 0 Å². The van der Waals surface area contributed by atoms with Crippen LogP contribution in [0, 0.1) is 12.8 Å². The Hall–Kier alpha value is -1.36. The molecule has 3 rings (SSSR count). The molecule has 6 heteroatoms. The standard InChI is InChI=1S/C12H15ClN4O/c1-7-10(13)15-6-16-11(7)17-4-2-3-8-9(17)5-14-12(8)18/h6,8-9H,2-5H2,1H3,(H,14,18).